The van der Waals surface area contributed by atoms with Gasteiger partial charge in [0.15, 0.2) is 0 Å². The van der Waals surface area contributed by atoms with E-state index in [-0.39, 0.29) is 11.6 Å². The van der Waals surface area contributed by atoms with Crippen LogP contribution in [0, 0.1) is 5.82 Å². The molecule has 0 radical (unpaired) electrons. The lowest BCUT2D eigenvalue weighted by atomic mass is 10.2. The summed E-state index contributed by atoms with van der Waals surface area (Å²) in [7, 11) is 0.210. The van der Waals surface area contributed by atoms with Crippen LogP contribution in [-0.2, 0) is 17.2 Å². The number of halogens is 1. The van der Waals surface area contributed by atoms with Crippen molar-refractivity contribution >= 4 is 55.9 Å². The van der Waals surface area contributed by atoms with Gasteiger partial charge in [0.1, 0.15) is 17.4 Å². The lowest BCUT2D eigenvalue weighted by Crippen LogP contribution is -2.12. The van der Waals surface area contributed by atoms with E-state index in [2.05, 4.69) is 20.6 Å². The summed E-state index contributed by atoms with van der Waals surface area (Å²) in [4.78, 5) is 15.5. The standard InChI is InChI=1S/C26H24FN7O3S/c1-33(24-14-15-28-25(32-24)29-18-8-11-21(12-9-18)37-38(3,35)36)20-10-13-23-22(16-20)31-26(34(23)2)30-19-6-4-17(27)5-7-19/h4-16H,1-3H3,(H,30,31)(H,28,29,32). The predicted molar refractivity (Wildman–Crippen MR) is 146 cm³/mol. The first-order chi connectivity index (χ1) is 18.1. The quantitative estimate of drug-likeness (QED) is 0.263. The molecule has 0 amide bonds. The topological polar surface area (TPSA) is 114 Å². The van der Waals surface area contributed by atoms with E-state index in [1.807, 2.05) is 41.8 Å². The van der Waals surface area contributed by atoms with Gasteiger partial charge in [0.25, 0.3) is 0 Å². The Morgan fingerprint density at radius 3 is 2.32 bits per heavy atom. The van der Waals surface area contributed by atoms with Crippen LogP contribution in [0.25, 0.3) is 11.0 Å². The largest absolute Gasteiger partial charge is 0.383 e. The van der Waals surface area contributed by atoms with Crippen LogP contribution in [0.15, 0.2) is 79.0 Å². The van der Waals surface area contributed by atoms with Crippen molar-refractivity contribution < 1.29 is 17.0 Å². The predicted octanol–water partition coefficient (Wildman–Crippen LogP) is 5.10. The molecule has 0 aliphatic rings. The van der Waals surface area contributed by atoms with E-state index in [1.165, 1.54) is 12.1 Å². The second-order valence-corrected chi connectivity index (χ2v) is 10.1. The number of hydrogen-bond acceptors (Lipinski definition) is 9. The summed E-state index contributed by atoms with van der Waals surface area (Å²) in [6.07, 6.45) is 2.64. The molecule has 3 aromatic carbocycles. The number of rotatable bonds is 8. The van der Waals surface area contributed by atoms with Gasteiger partial charge in [-0.2, -0.15) is 13.4 Å². The maximum absolute atomic E-state index is 13.2. The molecule has 0 saturated heterocycles. The van der Waals surface area contributed by atoms with Gasteiger partial charge in [0, 0.05) is 37.4 Å². The molecule has 5 rings (SSSR count). The number of nitrogens with one attached hydrogen (secondary N) is 2. The highest BCUT2D eigenvalue weighted by molar-refractivity contribution is 7.86. The summed E-state index contributed by atoms with van der Waals surface area (Å²) in [6, 6.07) is 20.2. The van der Waals surface area contributed by atoms with Crippen molar-refractivity contribution in [1.29, 1.82) is 0 Å². The van der Waals surface area contributed by atoms with E-state index in [4.69, 9.17) is 9.17 Å². The Balaban J connectivity index is 1.34. The molecule has 2 heterocycles. The molecule has 5 aromatic rings. The fraction of sp³-hybridized carbons (Fsp3) is 0.115. The lowest BCUT2D eigenvalue weighted by Gasteiger charge is -2.19. The second kappa shape index (κ2) is 9.98. The van der Waals surface area contributed by atoms with Crippen LogP contribution < -0.4 is 19.7 Å². The van der Waals surface area contributed by atoms with Gasteiger partial charge >= 0.3 is 10.1 Å². The first kappa shape index (κ1) is 25.0. The summed E-state index contributed by atoms with van der Waals surface area (Å²) in [5.74, 6) is 1.57. The Morgan fingerprint density at radius 1 is 0.921 bits per heavy atom. The third kappa shape index (κ3) is 5.65. The van der Waals surface area contributed by atoms with Gasteiger partial charge in [-0.3, -0.25) is 0 Å². The molecule has 2 N–H and O–H groups in total. The van der Waals surface area contributed by atoms with Crippen LogP contribution in [-0.4, -0.2) is 41.2 Å². The number of aryl methyl sites for hydroxylation is 1. The van der Waals surface area contributed by atoms with Crippen molar-refractivity contribution in [2.24, 2.45) is 7.05 Å². The van der Waals surface area contributed by atoms with E-state index in [0.29, 0.717) is 23.4 Å². The third-order valence-electron chi connectivity index (χ3n) is 5.69. The second-order valence-electron chi connectivity index (χ2n) is 8.53. The van der Waals surface area contributed by atoms with Crippen LogP contribution in [0.1, 0.15) is 0 Å². The van der Waals surface area contributed by atoms with Gasteiger partial charge in [-0.25, -0.2) is 14.4 Å². The minimum absolute atomic E-state index is 0.216. The normalized spacial score (nSPS) is 11.4. The smallest absolute Gasteiger partial charge is 0.306 e. The van der Waals surface area contributed by atoms with Gasteiger partial charge in [-0.15, -0.1) is 0 Å². The Hall–Kier alpha value is -4.71. The molecule has 10 nitrogen and oxygen atoms in total. The monoisotopic (exact) mass is 533 g/mol. The number of benzene rings is 3. The first-order valence-electron chi connectivity index (χ1n) is 11.5. The molecule has 194 valence electrons. The average molecular weight is 534 g/mol. The molecular formula is C26H24FN7O3S. The maximum atomic E-state index is 13.2. The minimum atomic E-state index is -3.59. The first-order valence-corrected chi connectivity index (χ1v) is 13.3. The molecule has 2 aromatic heterocycles. The van der Waals surface area contributed by atoms with Crippen molar-refractivity contribution in [3.8, 4) is 5.75 Å². The zero-order valence-electron chi connectivity index (χ0n) is 20.8. The minimum Gasteiger partial charge on any atom is -0.383 e. The summed E-state index contributed by atoms with van der Waals surface area (Å²) in [6.45, 7) is 0. The van der Waals surface area contributed by atoms with Crippen LogP contribution >= 0.6 is 0 Å². The molecular weight excluding hydrogens is 509 g/mol. The summed E-state index contributed by atoms with van der Waals surface area (Å²) in [5.41, 5.74) is 3.99. The van der Waals surface area contributed by atoms with Crippen molar-refractivity contribution in [2.45, 2.75) is 0 Å². The number of fused-ring (bicyclic) bond motifs is 1. The van der Waals surface area contributed by atoms with Crippen LogP contribution in [0.3, 0.4) is 0 Å². The Morgan fingerprint density at radius 2 is 1.61 bits per heavy atom. The zero-order valence-corrected chi connectivity index (χ0v) is 21.6. The molecule has 0 aliphatic heterocycles. The van der Waals surface area contributed by atoms with E-state index in [0.717, 1.165) is 28.7 Å². The zero-order chi connectivity index (χ0) is 26.9. The Labute approximate surface area is 218 Å². The van der Waals surface area contributed by atoms with Gasteiger partial charge in [-0.05, 0) is 72.8 Å². The van der Waals surface area contributed by atoms with E-state index >= 15 is 0 Å². The van der Waals surface area contributed by atoms with Crippen LogP contribution in [0.5, 0.6) is 5.75 Å². The molecule has 12 heteroatoms. The molecule has 0 bridgehead atoms. The Bertz CT molecular complexity index is 1710. The number of anilines is 6. The summed E-state index contributed by atoms with van der Waals surface area (Å²) >= 11 is 0. The molecule has 38 heavy (non-hydrogen) atoms. The number of aromatic nitrogens is 4. The van der Waals surface area contributed by atoms with Crippen molar-refractivity contribution in [2.75, 3.05) is 28.8 Å². The SMILES string of the molecule is CN(c1ccc2c(c1)nc(Nc1ccc(F)cc1)n2C)c1ccnc(Nc2ccc(OS(C)(=O)=O)cc2)n1. The van der Waals surface area contributed by atoms with Crippen molar-refractivity contribution in [3.63, 3.8) is 0 Å². The summed E-state index contributed by atoms with van der Waals surface area (Å²) < 4.78 is 42.6. The van der Waals surface area contributed by atoms with Crippen molar-refractivity contribution in [3.05, 3.63) is 84.8 Å². The van der Waals surface area contributed by atoms with E-state index < -0.39 is 10.1 Å². The number of hydrogen-bond donors (Lipinski definition) is 2. The number of imidazole rings is 1. The van der Waals surface area contributed by atoms with E-state index in [1.54, 1.807) is 48.7 Å². The number of nitrogens with zero attached hydrogens (tertiary/aromatic N) is 5. The highest BCUT2D eigenvalue weighted by Gasteiger charge is 2.13. The maximum Gasteiger partial charge on any atom is 0.306 e. The highest BCUT2D eigenvalue weighted by Crippen LogP contribution is 2.29. The van der Waals surface area contributed by atoms with Gasteiger partial charge in [0.05, 0.1) is 17.3 Å². The Kier molecular flexibility index (Phi) is 6.55. The molecule has 0 spiro atoms. The lowest BCUT2D eigenvalue weighted by molar-refractivity contribution is 0.493. The van der Waals surface area contributed by atoms with Crippen LogP contribution in [0.2, 0.25) is 0 Å². The molecule has 0 aliphatic carbocycles. The molecule has 0 fully saturated rings. The molecule has 0 atom stereocenters. The highest BCUT2D eigenvalue weighted by atomic mass is 32.2. The molecule has 0 saturated carbocycles. The third-order valence-corrected chi connectivity index (χ3v) is 6.19. The molecule has 0 unspecified atom stereocenters. The van der Waals surface area contributed by atoms with Gasteiger partial charge in [0.2, 0.25) is 11.9 Å². The van der Waals surface area contributed by atoms with Crippen LogP contribution in [0.4, 0.5) is 39.2 Å². The summed E-state index contributed by atoms with van der Waals surface area (Å²) in [5, 5.41) is 6.33. The van der Waals surface area contributed by atoms with Crippen molar-refractivity contribution in [1.82, 2.24) is 19.5 Å². The van der Waals surface area contributed by atoms with Gasteiger partial charge in [-0.1, -0.05) is 0 Å². The average Bonchev–Trinajstić information content (AvgIpc) is 3.19. The fourth-order valence-corrected chi connectivity index (χ4v) is 4.26. The fourth-order valence-electron chi connectivity index (χ4n) is 3.80. The van der Waals surface area contributed by atoms with Gasteiger partial charge < -0.3 is 24.3 Å². The van der Waals surface area contributed by atoms with E-state index in [9.17, 15) is 12.8 Å².